The van der Waals surface area contributed by atoms with Gasteiger partial charge in [-0.05, 0) is 0 Å². The van der Waals surface area contributed by atoms with Gasteiger partial charge >= 0.3 is 0 Å². The SMILES string of the molecule is Cl.O=[N+]([O-])c1ccccc1.[AlH3]. The van der Waals surface area contributed by atoms with Gasteiger partial charge in [0.05, 0.1) is 4.92 Å². The Morgan fingerprint density at radius 2 is 1.64 bits per heavy atom. The zero-order valence-corrected chi connectivity index (χ0v) is 5.88. The van der Waals surface area contributed by atoms with E-state index in [4.69, 9.17) is 0 Å². The van der Waals surface area contributed by atoms with E-state index in [1.165, 1.54) is 12.1 Å². The standard InChI is InChI=1S/C6H5NO2.Al.ClH.3H/c8-7(9)6-4-2-1-3-5-6;;;;;/h1-5H;;1H;;;. The number of non-ortho nitro benzene ring substituents is 1. The van der Waals surface area contributed by atoms with Crippen molar-refractivity contribution in [3.05, 3.63) is 40.4 Å². The molecule has 0 aliphatic heterocycles. The van der Waals surface area contributed by atoms with Crippen LogP contribution >= 0.6 is 12.4 Å². The van der Waals surface area contributed by atoms with Crippen LogP contribution in [-0.2, 0) is 0 Å². The third-order valence-electron chi connectivity index (χ3n) is 0.967. The summed E-state index contributed by atoms with van der Waals surface area (Å²) in [5.74, 6) is 0. The molecule has 5 heteroatoms. The molecule has 0 fully saturated rings. The Balaban J connectivity index is 0. The van der Waals surface area contributed by atoms with E-state index in [1.807, 2.05) is 0 Å². The van der Waals surface area contributed by atoms with Crippen LogP contribution in [0.1, 0.15) is 0 Å². The number of hydrogen-bond acceptors (Lipinski definition) is 2. The number of nitro groups is 1. The molecule has 0 spiro atoms. The number of rotatable bonds is 1. The Morgan fingerprint density at radius 3 is 1.91 bits per heavy atom. The van der Waals surface area contributed by atoms with Crippen molar-refractivity contribution < 1.29 is 4.92 Å². The minimum atomic E-state index is -0.417. The second-order valence-electron chi connectivity index (χ2n) is 1.59. The lowest BCUT2D eigenvalue weighted by molar-refractivity contribution is -0.384. The third-order valence-corrected chi connectivity index (χ3v) is 0.967. The maximum Gasteiger partial charge on any atom is 0.269 e. The van der Waals surface area contributed by atoms with Gasteiger partial charge in [0.25, 0.3) is 5.69 Å². The second-order valence-corrected chi connectivity index (χ2v) is 1.59. The predicted octanol–water partition coefficient (Wildman–Crippen LogP) is 0.833. The van der Waals surface area contributed by atoms with Gasteiger partial charge in [-0.1, -0.05) is 18.2 Å². The van der Waals surface area contributed by atoms with E-state index >= 15 is 0 Å². The molecule has 0 saturated carbocycles. The van der Waals surface area contributed by atoms with Crippen LogP contribution in [-0.4, -0.2) is 22.3 Å². The summed E-state index contributed by atoms with van der Waals surface area (Å²) >= 11 is 0. The summed E-state index contributed by atoms with van der Waals surface area (Å²) in [5, 5.41) is 10.0. The molecular formula is C6H9AlClNO2. The Hall–Kier alpha value is -0.558. The van der Waals surface area contributed by atoms with Gasteiger partial charge in [0.1, 0.15) is 0 Å². The highest BCUT2D eigenvalue weighted by Crippen LogP contribution is 2.06. The molecule has 0 aliphatic rings. The van der Waals surface area contributed by atoms with Gasteiger partial charge in [-0.25, -0.2) is 0 Å². The summed E-state index contributed by atoms with van der Waals surface area (Å²) in [5.41, 5.74) is 0.137. The van der Waals surface area contributed by atoms with Crippen molar-refractivity contribution in [2.45, 2.75) is 0 Å². The first kappa shape index (κ1) is 13.1. The molecule has 0 amide bonds. The summed E-state index contributed by atoms with van der Waals surface area (Å²) in [7, 11) is 0. The zero-order valence-electron chi connectivity index (χ0n) is 5.06. The number of nitrogens with zero attached hydrogens (tertiary/aromatic N) is 1. The fraction of sp³-hybridized carbons (Fsp3) is 0. The molecule has 0 atom stereocenters. The van der Waals surface area contributed by atoms with Crippen molar-refractivity contribution in [2.75, 3.05) is 0 Å². The van der Waals surface area contributed by atoms with Crippen LogP contribution in [0.3, 0.4) is 0 Å². The maximum absolute atomic E-state index is 10.0. The quantitative estimate of drug-likeness (QED) is 0.373. The molecule has 0 heterocycles. The summed E-state index contributed by atoms with van der Waals surface area (Å²) in [6, 6.07) is 7.93. The largest absolute Gasteiger partial charge is 0.269 e. The van der Waals surface area contributed by atoms with Crippen molar-refractivity contribution in [1.29, 1.82) is 0 Å². The Bertz CT molecular complexity index is 217. The lowest BCUT2D eigenvalue weighted by atomic mass is 10.3. The first-order valence-corrected chi connectivity index (χ1v) is 2.50. The number of hydrogen-bond donors (Lipinski definition) is 0. The van der Waals surface area contributed by atoms with Crippen LogP contribution in [0.15, 0.2) is 30.3 Å². The van der Waals surface area contributed by atoms with Gasteiger partial charge in [-0.15, -0.1) is 12.4 Å². The highest BCUT2D eigenvalue weighted by atomic mass is 35.5. The lowest BCUT2D eigenvalue weighted by Crippen LogP contribution is -1.84. The monoisotopic (exact) mass is 189 g/mol. The lowest BCUT2D eigenvalue weighted by Gasteiger charge is -1.85. The molecule has 1 rings (SSSR count). The molecule has 0 radical (unpaired) electrons. The molecule has 0 saturated heterocycles. The maximum atomic E-state index is 10.0. The minimum Gasteiger partial charge on any atom is -0.258 e. The van der Waals surface area contributed by atoms with Crippen molar-refractivity contribution in [3.63, 3.8) is 0 Å². The molecule has 60 valence electrons. The molecule has 11 heavy (non-hydrogen) atoms. The Kier molecular flexibility index (Phi) is 7.33. The molecule has 0 aliphatic carbocycles. The van der Waals surface area contributed by atoms with E-state index in [2.05, 4.69) is 0 Å². The van der Waals surface area contributed by atoms with E-state index in [9.17, 15) is 10.1 Å². The fourth-order valence-electron chi connectivity index (χ4n) is 0.550. The van der Waals surface area contributed by atoms with E-state index in [1.54, 1.807) is 18.2 Å². The van der Waals surface area contributed by atoms with E-state index < -0.39 is 4.92 Å². The molecule has 0 N–H and O–H groups in total. The summed E-state index contributed by atoms with van der Waals surface area (Å²) < 4.78 is 0. The van der Waals surface area contributed by atoms with E-state index in [-0.39, 0.29) is 35.5 Å². The van der Waals surface area contributed by atoms with Crippen LogP contribution in [0.5, 0.6) is 0 Å². The van der Waals surface area contributed by atoms with E-state index in [0.29, 0.717) is 0 Å². The van der Waals surface area contributed by atoms with Crippen LogP contribution < -0.4 is 0 Å². The van der Waals surface area contributed by atoms with Gasteiger partial charge in [-0.3, -0.25) is 10.1 Å². The highest BCUT2D eigenvalue weighted by Gasteiger charge is 1.98. The van der Waals surface area contributed by atoms with Crippen LogP contribution in [0.25, 0.3) is 0 Å². The van der Waals surface area contributed by atoms with Gasteiger partial charge in [0, 0.05) is 12.1 Å². The topological polar surface area (TPSA) is 43.1 Å². The number of nitro benzene ring substituents is 1. The molecule has 0 bridgehead atoms. The van der Waals surface area contributed by atoms with Gasteiger partial charge in [0.2, 0.25) is 0 Å². The summed E-state index contributed by atoms with van der Waals surface area (Å²) in [4.78, 5) is 9.59. The molecule has 1 aromatic rings. The van der Waals surface area contributed by atoms with Gasteiger partial charge in [-0.2, -0.15) is 0 Å². The predicted molar refractivity (Wildman–Crippen MR) is 50.3 cm³/mol. The fourth-order valence-corrected chi connectivity index (χ4v) is 0.550. The third kappa shape index (κ3) is 3.99. The summed E-state index contributed by atoms with van der Waals surface area (Å²) in [6.45, 7) is 0. The molecule has 0 unspecified atom stereocenters. The zero-order chi connectivity index (χ0) is 6.69. The number of para-hydroxylation sites is 1. The van der Waals surface area contributed by atoms with Crippen LogP contribution in [0.4, 0.5) is 5.69 Å². The summed E-state index contributed by atoms with van der Waals surface area (Å²) in [6.07, 6.45) is 0. The number of benzene rings is 1. The van der Waals surface area contributed by atoms with Crippen molar-refractivity contribution in [1.82, 2.24) is 0 Å². The van der Waals surface area contributed by atoms with Crippen molar-refractivity contribution in [2.24, 2.45) is 0 Å². The first-order valence-electron chi connectivity index (χ1n) is 2.50. The highest BCUT2D eigenvalue weighted by molar-refractivity contribution is 5.85. The Labute approximate surface area is 81.1 Å². The first-order chi connectivity index (χ1) is 4.30. The van der Waals surface area contributed by atoms with Gasteiger partial charge in [0.15, 0.2) is 17.4 Å². The Morgan fingerprint density at radius 1 is 1.18 bits per heavy atom. The molecular weight excluding hydrogens is 181 g/mol. The van der Waals surface area contributed by atoms with E-state index in [0.717, 1.165) is 0 Å². The molecule has 3 nitrogen and oxygen atoms in total. The molecule has 1 aromatic carbocycles. The van der Waals surface area contributed by atoms with Crippen LogP contribution in [0.2, 0.25) is 0 Å². The number of halogens is 1. The van der Waals surface area contributed by atoms with Crippen LogP contribution in [0, 0.1) is 10.1 Å². The van der Waals surface area contributed by atoms with Crippen molar-refractivity contribution in [3.8, 4) is 0 Å². The average Bonchev–Trinajstić information content (AvgIpc) is 1.90. The smallest absolute Gasteiger partial charge is 0.258 e. The van der Waals surface area contributed by atoms with Crippen molar-refractivity contribution >= 4 is 35.5 Å². The minimum absolute atomic E-state index is 0. The molecule has 0 aromatic heterocycles. The second kappa shape index (κ2) is 6.17. The normalized spacial score (nSPS) is 7.27. The van der Waals surface area contributed by atoms with Gasteiger partial charge < -0.3 is 0 Å². The average molecular weight is 190 g/mol.